The summed E-state index contributed by atoms with van der Waals surface area (Å²) in [6.45, 7) is 10.7. The Bertz CT molecular complexity index is 178. The summed E-state index contributed by atoms with van der Waals surface area (Å²) >= 11 is 0. The Morgan fingerprint density at radius 3 is 2.24 bits per heavy atom. The van der Waals surface area contributed by atoms with Crippen molar-refractivity contribution >= 4 is 0 Å². The van der Waals surface area contributed by atoms with Crippen LogP contribution in [0.3, 0.4) is 0 Å². The van der Waals surface area contributed by atoms with Gasteiger partial charge in [-0.05, 0) is 18.8 Å². The molecule has 1 heterocycles. The van der Waals surface area contributed by atoms with E-state index in [0.717, 1.165) is 31.8 Å². The van der Waals surface area contributed by atoms with E-state index < -0.39 is 5.91 Å². The van der Waals surface area contributed by atoms with Crippen LogP contribution in [0.5, 0.6) is 0 Å². The van der Waals surface area contributed by atoms with Crippen molar-refractivity contribution in [3.05, 3.63) is 0 Å². The molecule has 0 aromatic carbocycles. The SMILES string of the molecule is CC.COCCOC(C)(O)N1CCC(C)CC1. The number of aliphatic hydroxyl groups is 1. The van der Waals surface area contributed by atoms with Crippen LogP contribution in [0.15, 0.2) is 0 Å². The van der Waals surface area contributed by atoms with Gasteiger partial charge in [-0.3, -0.25) is 4.90 Å². The fraction of sp³-hybridized carbons (Fsp3) is 1.00. The van der Waals surface area contributed by atoms with Crippen LogP contribution in [-0.2, 0) is 9.47 Å². The van der Waals surface area contributed by atoms with Crippen molar-refractivity contribution in [2.45, 2.75) is 46.4 Å². The molecule has 1 aliphatic heterocycles. The Balaban J connectivity index is 0.00000121. The Kier molecular flexibility index (Phi) is 8.78. The lowest BCUT2D eigenvalue weighted by molar-refractivity contribution is -0.288. The molecule has 0 radical (unpaired) electrons. The lowest BCUT2D eigenvalue weighted by Gasteiger charge is -2.40. The average Bonchev–Trinajstić information content (AvgIpc) is 2.32. The molecule has 4 heteroatoms. The maximum Gasteiger partial charge on any atom is 0.224 e. The Labute approximate surface area is 106 Å². The minimum absolute atomic E-state index is 0.426. The van der Waals surface area contributed by atoms with E-state index in [-0.39, 0.29) is 0 Å². The van der Waals surface area contributed by atoms with Crippen LogP contribution in [0.1, 0.15) is 40.5 Å². The maximum absolute atomic E-state index is 10.1. The number of hydrogen-bond acceptors (Lipinski definition) is 4. The predicted molar refractivity (Wildman–Crippen MR) is 69.8 cm³/mol. The minimum atomic E-state index is -1.14. The first-order valence-corrected chi connectivity index (χ1v) is 6.66. The second-order valence-electron chi connectivity index (χ2n) is 4.44. The number of hydrogen-bond donors (Lipinski definition) is 1. The molecule has 1 unspecified atom stereocenters. The zero-order chi connectivity index (χ0) is 13.3. The van der Waals surface area contributed by atoms with Crippen molar-refractivity contribution < 1.29 is 14.6 Å². The average molecular weight is 247 g/mol. The van der Waals surface area contributed by atoms with Crippen LogP contribution in [0, 0.1) is 5.92 Å². The zero-order valence-corrected chi connectivity index (χ0v) is 12.0. The molecule has 0 amide bonds. The van der Waals surface area contributed by atoms with Crippen molar-refractivity contribution in [3.8, 4) is 0 Å². The van der Waals surface area contributed by atoms with Crippen molar-refractivity contribution in [1.29, 1.82) is 0 Å². The van der Waals surface area contributed by atoms with E-state index in [9.17, 15) is 5.11 Å². The van der Waals surface area contributed by atoms with E-state index >= 15 is 0 Å². The Morgan fingerprint density at radius 2 is 1.76 bits per heavy atom. The van der Waals surface area contributed by atoms with Crippen LogP contribution in [0.25, 0.3) is 0 Å². The molecule has 1 fully saturated rings. The van der Waals surface area contributed by atoms with Gasteiger partial charge < -0.3 is 14.6 Å². The van der Waals surface area contributed by atoms with Gasteiger partial charge in [-0.1, -0.05) is 20.8 Å². The summed E-state index contributed by atoms with van der Waals surface area (Å²) in [6.07, 6.45) is 2.26. The first-order chi connectivity index (χ1) is 8.06. The van der Waals surface area contributed by atoms with Crippen LogP contribution in [0.2, 0.25) is 0 Å². The second kappa shape index (κ2) is 8.86. The summed E-state index contributed by atoms with van der Waals surface area (Å²) in [5.74, 6) is -0.380. The van der Waals surface area contributed by atoms with Gasteiger partial charge in [0.05, 0.1) is 13.2 Å². The highest BCUT2D eigenvalue weighted by Gasteiger charge is 2.32. The summed E-state index contributed by atoms with van der Waals surface area (Å²) < 4.78 is 10.3. The van der Waals surface area contributed by atoms with Crippen molar-refractivity contribution in [2.75, 3.05) is 33.4 Å². The molecule has 104 valence electrons. The summed E-state index contributed by atoms with van der Waals surface area (Å²) in [7, 11) is 1.63. The van der Waals surface area contributed by atoms with Gasteiger partial charge in [-0.25, -0.2) is 0 Å². The van der Waals surface area contributed by atoms with E-state index in [0.29, 0.717) is 13.2 Å². The molecule has 0 aromatic rings. The third-order valence-corrected chi connectivity index (χ3v) is 3.03. The van der Waals surface area contributed by atoms with Gasteiger partial charge in [-0.2, -0.15) is 0 Å². The molecule has 1 atom stereocenters. The van der Waals surface area contributed by atoms with E-state index in [1.807, 2.05) is 18.7 Å². The first-order valence-electron chi connectivity index (χ1n) is 6.66. The molecule has 1 saturated heterocycles. The number of rotatable bonds is 5. The highest BCUT2D eigenvalue weighted by Crippen LogP contribution is 2.22. The standard InChI is InChI=1S/C11H23NO3.C2H6/c1-10-4-6-12(7-5-10)11(2,13)15-9-8-14-3;1-2/h10,13H,4-9H2,1-3H3;1-2H3. The largest absolute Gasteiger partial charge is 0.382 e. The fourth-order valence-corrected chi connectivity index (χ4v) is 1.83. The van der Waals surface area contributed by atoms with Gasteiger partial charge in [0.1, 0.15) is 0 Å². The molecular formula is C13H29NO3. The molecule has 0 spiro atoms. The zero-order valence-electron chi connectivity index (χ0n) is 12.0. The molecule has 17 heavy (non-hydrogen) atoms. The number of piperidine rings is 1. The number of methoxy groups -OCH3 is 1. The third-order valence-electron chi connectivity index (χ3n) is 3.03. The molecule has 1 rings (SSSR count). The summed E-state index contributed by atoms with van der Waals surface area (Å²) in [5.41, 5.74) is 0. The second-order valence-corrected chi connectivity index (χ2v) is 4.44. The van der Waals surface area contributed by atoms with Crippen LogP contribution in [-0.4, -0.2) is 49.3 Å². The van der Waals surface area contributed by atoms with Gasteiger partial charge in [0.25, 0.3) is 0 Å². The highest BCUT2D eigenvalue weighted by atomic mass is 16.7. The molecule has 4 nitrogen and oxygen atoms in total. The van der Waals surface area contributed by atoms with E-state index in [2.05, 4.69) is 6.92 Å². The summed E-state index contributed by atoms with van der Waals surface area (Å²) in [5, 5.41) is 10.1. The molecule has 1 aliphatic rings. The smallest absolute Gasteiger partial charge is 0.224 e. The van der Waals surface area contributed by atoms with Gasteiger partial charge >= 0.3 is 0 Å². The van der Waals surface area contributed by atoms with Crippen LogP contribution >= 0.6 is 0 Å². The number of nitrogens with zero attached hydrogens (tertiary/aromatic N) is 1. The topological polar surface area (TPSA) is 41.9 Å². The van der Waals surface area contributed by atoms with Gasteiger partial charge in [-0.15, -0.1) is 0 Å². The Hall–Kier alpha value is -0.160. The van der Waals surface area contributed by atoms with E-state index in [1.54, 1.807) is 14.0 Å². The third kappa shape index (κ3) is 6.36. The summed E-state index contributed by atoms with van der Waals surface area (Å²) in [6, 6.07) is 0. The van der Waals surface area contributed by atoms with Gasteiger partial charge in [0, 0.05) is 27.1 Å². The number of likely N-dealkylation sites (tertiary alicyclic amines) is 1. The molecule has 0 aromatic heterocycles. The summed E-state index contributed by atoms with van der Waals surface area (Å²) in [4.78, 5) is 1.99. The van der Waals surface area contributed by atoms with Crippen LogP contribution < -0.4 is 0 Å². The van der Waals surface area contributed by atoms with Crippen molar-refractivity contribution in [2.24, 2.45) is 5.92 Å². The monoisotopic (exact) mass is 247 g/mol. The van der Waals surface area contributed by atoms with Crippen molar-refractivity contribution in [3.63, 3.8) is 0 Å². The van der Waals surface area contributed by atoms with E-state index in [1.165, 1.54) is 0 Å². The fourth-order valence-electron chi connectivity index (χ4n) is 1.83. The molecule has 1 N–H and O–H groups in total. The van der Waals surface area contributed by atoms with Gasteiger partial charge in [0.2, 0.25) is 5.91 Å². The maximum atomic E-state index is 10.1. The molecular weight excluding hydrogens is 218 g/mol. The van der Waals surface area contributed by atoms with Gasteiger partial charge in [0.15, 0.2) is 0 Å². The quantitative estimate of drug-likeness (QED) is 0.596. The molecule has 0 saturated carbocycles. The number of ether oxygens (including phenoxy) is 2. The lowest BCUT2D eigenvalue weighted by atomic mass is 9.99. The lowest BCUT2D eigenvalue weighted by Crippen LogP contribution is -2.52. The molecule has 0 aliphatic carbocycles. The minimum Gasteiger partial charge on any atom is -0.382 e. The predicted octanol–water partition coefficient (Wildman–Crippen LogP) is 2.07. The Morgan fingerprint density at radius 1 is 1.24 bits per heavy atom. The molecule has 0 bridgehead atoms. The van der Waals surface area contributed by atoms with Crippen LogP contribution in [0.4, 0.5) is 0 Å². The first kappa shape index (κ1) is 16.8. The highest BCUT2D eigenvalue weighted by molar-refractivity contribution is 4.73. The van der Waals surface area contributed by atoms with Crippen molar-refractivity contribution in [1.82, 2.24) is 4.90 Å². The van der Waals surface area contributed by atoms with E-state index in [4.69, 9.17) is 9.47 Å². The normalized spacial score (nSPS) is 21.5.